The Morgan fingerprint density at radius 2 is 1.71 bits per heavy atom. The van der Waals surface area contributed by atoms with Gasteiger partial charge in [-0.1, -0.05) is 76.8 Å². The monoisotopic (exact) mass is 530 g/mol. The SMILES string of the molecule is C=C1C/C=C/[C@@H](O)[C@@H](O)C(=C)[C@H](O)[C@H](O)C(=C)C/C=C/C(C)=C/C(=O)O[C@@H]([C@H]2O[C@@H]2[C@H](C)CCC)[C@@H](C)C1. The van der Waals surface area contributed by atoms with Crippen LogP contribution < -0.4 is 0 Å². The molecule has 2 aliphatic heterocycles. The van der Waals surface area contributed by atoms with Crippen molar-refractivity contribution < 1.29 is 34.7 Å². The van der Waals surface area contributed by atoms with Gasteiger partial charge in [-0.3, -0.25) is 0 Å². The van der Waals surface area contributed by atoms with Gasteiger partial charge in [0, 0.05) is 6.08 Å². The number of aliphatic hydroxyl groups is 4. The van der Waals surface area contributed by atoms with Crippen LogP contribution in [-0.2, 0) is 14.3 Å². The normalized spacial score (nSPS) is 38.5. The van der Waals surface area contributed by atoms with Gasteiger partial charge in [-0.25, -0.2) is 4.79 Å². The zero-order valence-corrected chi connectivity index (χ0v) is 23.3. The fourth-order valence-corrected chi connectivity index (χ4v) is 4.86. The predicted molar refractivity (Wildman–Crippen MR) is 149 cm³/mol. The van der Waals surface area contributed by atoms with Crippen LogP contribution in [-0.4, -0.2) is 69.1 Å². The minimum absolute atomic E-state index is 0.0474. The van der Waals surface area contributed by atoms with Gasteiger partial charge in [0.25, 0.3) is 0 Å². The van der Waals surface area contributed by atoms with E-state index in [1.165, 1.54) is 12.2 Å². The number of esters is 1. The standard InChI is InChI=1S/C31H46O7/c1-8-11-21(5)29-31(38-29)30-22(6)16-18(2)13-10-15-24(32)27(35)23(7)28(36)26(34)20(4)14-9-12-19(3)17-25(33)37-30/h9-10,12,15,17,21-22,24,26-32,34-36H,2,4,7-8,11,13-14,16H2,1,3,5-6H3/b12-9+,15-10+,19-17+/t21-,22+,24-,26-,27+,28+,29-,30-,31+/m1/s1. The molecule has 4 N–H and O–H groups in total. The second-order valence-corrected chi connectivity index (χ2v) is 10.8. The molecule has 2 aliphatic rings. The number of ether oxygens (including phenoxy) is 2. The van der Waals surface area contributed by atoms with Crippen molar-refractivity contribution in [3.05, 3.63) is 72.4 Å². The fourth-order valence-electron chi connectivity index (χ4n) is 4.86. The fraction of sp³-hybridized carbons (Fsp3) is 0.581. The molecule has 2 rings (SSSR count). The third kappa shape index (κ3) is 9.17. The minimum Gasteiger partial charge on any atom is -0.456 e. The second kappa shape index (κ2) is 14.8. The molecule has 0 radical (unpaired) electrons. The van der Waals surface area contributed by atoms with E-state index in [-0.39, 0.29) is 30.1 Å². The van der Waals surface area contributed by atoms with Crippen molar-refractivity contribution in [1.29, 1.82) is 0 Å². The van der Waals surface area contributed by atoms with Crippen LogP contribution in [0, 0.1) is 11.8 Å². The quantitative estimate of drug-likeness (QED) is 0.245. The lowest BCUT2D eigenvalue weighted by Gasteiger charge is -2.26. The third-order valence-corrected chi connectivity index (χ3v) is 7.26. The highest BCUT2D eigenvalue weighted by molar-refractivity contribution is 5.83. The average Bonchev–Trinajstić information content (AvgIpc) is 3.65. The largest absolute Gasteiger partial charge is 0.456 e. The number of allylic oxidation sites excluding steroid dienone is 5. The summed E-state index contributed by atoms with van der Waals surface area (Å²) in [6, 6.07) is 0. The van der Waals surface area contributed by atoms with Crippen LogP contribution in [0.5, 0.6) is 0 Å². The number of aliphatic hydroxyl groups excluding tert-OH is 4. The topological polar surface area (TPSA) is 120 Å². The highest BCUT2D eigenvalue weighted by Crippen LogP contribution is 2.39. The van der Waals surface area contributed by atoms with Gasteiger partial charge in [0.2, 0.25) is 0 Å². The molecule has 9 atom stereocenters. The first kappa shape index (κ1) is 31.9. The maximum atomic E-state index is 12.8. The smallest absolute Gasteiger partial charge is 0.331 e. The molecule has 1 fully saturated rings. The number of hydrogen-bond donors (Lipinski definition) is 4. The lowest BCUT2D eigenvalue weighted by molar-refractivity contribution is -0.146. The number of carbonyl (C=O) groups excluding carboxylic acids is 1. The summed E-state index contributed by atoms with van der Waals surface area (Å²) in [5.74, 6) is -0.134. The molecule has 0 amide bonds. The number of cyclic esters (lactones) is 1. The van der Waals surface area contributed by atoms with E-state index in [0.717, 1.165) is 18.4 Å². The van der Waals surface area contributed by atoms with Crippen molar-refractivity contribution in [1.82, 2.24) is 0 Å². The van der Waals surface area contributed by atoms with E-state index < -0.39 is 36.5 Å². The Balaban J connectivity index is 2.28. The molecule has 0 saturated carbocycles. The predicted octanol–water partition coefficient (Wildman–Crippen LogP) is 4.09. The van der Waals surface area contributed by atoms with Gasteiger partial charge in [-0.05, 0) is 61.2 Å². The van der Waals surface area contributed by atoms with E-state index in [9.17, 15) is 25.2 Å². The average molecular weight is 531 g/mol. The molecule has 0 aliphatic carbocycles. The summed E-state index contributed by atoms with van der Waals surface area (Å²) >= 11 is 0. The van der Waals surface area contributed by atoms with Crippen LogP contribution in [0.3, 0.4) is 0 Å². The Labute approximate surface area is 227 Å². The minimum atomic E-state index is -1.51. The number of rotatable bonds is 4. The molecular weight excluding hydrogens is 484 g/mol. The van der Waals surface area contributed by atoms with Crippen molar-refractivity contribution in [2.24, 2.45) is 11.8 Å². The van der Waals surface area contributed by atoms with Gasteiger partial charge in [0.15, 0.2) is 0 Å². The van der Waals surface area contributed by atoms with E-state index in [2.05, 4.69) is 33.6 Å². The van der Waals surface area contributed by atoms with E-state index >= 15 is 0 Å². The first-order valence-electron chi connectivity index (χ1n) is 13.5. The molecule has 7 nitrogen and oxygen atoms in total. The lowest BCUT2D eigenvalue weighted by Crippen LogP contribution is -2.37. The van der Waals surface area contributed by atoms with Crippen LogP contribution in [0.25, 0.3) is 0 Å². The molecule has 0 aromatic heterocycles. The number of carbonyl (C=O) groups is 1. The van der Waals surface area contributed by atoms with E-state index in [1.807, 2.05) is 6.92 Å². The summed E-state index contributed by atoms with van der Waals surface area (Å²) in [6.45, 7) is 19.7. The summed E-state index contributed by atoms with van der Waals surface area (Å²) in [4.78, 5) is 12.8. The molecule has 0 bridgehead atoms. The van der Waals surface area contributed by atoms with Crippen LogP contribution in [0.2, 0.25) is 0 Å². The Kier molecular flexibility index (Phi) is 12.4. The van der Waals surface area contributed by atoms with E-state index in [0.29, 0.717) is 29.9 Å². The Morgan fingerprint density at radius 3 is 2.37 bits per heavy atom. The summed E-state index contributed by atoms with van der Waals surface area (Å²) in [5.41, 5.74) is 1.70. The second-order valence-electron chi connectivity index (χ2n) is 10.8. The Hall–Kier alpha value is -2.29. The first-order valence-corrected chi connectivity index (χ1v) is 13.5. The Bertz CT molecular complexity index is 946. The molecule has 7 heteroatoms. The van der Waals surface area contributed by atoms with E-state index in [4.69, 9.17) is 9.47 Å². The molecule has 0 aromatic carbocycles. The zero-order valence-electron chi connectivity index (χ0n) is 23.3. The molecule has 1 saturated heterocycles. The van der Waals surface area contributed by atoms with Gasteiger partial charge in [0.1, 0.15) is 36.6 Å². The Morgan fingerprint density at radius 1 is 1.03 bits per heavy atom. The van der Waals surface area contributed by atoms with Gasteiger partial charge < -0.3 is 29.9 Å². The van der Waals surface area contributed by atoms with E-state index in [1.54, 1.807) is 25.2 Å². The van der Waals surface area contributed by atoms with Crippen LogP contribution in [0.1, 0.15) is 59.8 Å². The van der Waals surface area contributed by atoms with Crippen LogP contribution in [0.4, 0.5) is 0 Å². The van der Waals surface area contributed by atoms with Gasteiger partial charge in [0.05, 0.1) is 6.10 Å². The maximum absolute atomic E-state index is 12.8. The highest BCUT2D eigenvalue weighted by atomic mass is 16.6. The summed E-state index contributed by atoms with van der Waals surface area (Å²) in [6.07, 6.45) is 5.05. The van der Waals surface area contributed by atoms with Crippen molar-refractivity contribution in [3.63, 3.8) is 0 Å². The molecule has 0 aromatic rings. The first-order chi connectivity index (χ1) is 17.9. The summed E-state index contributed by atoms with van der Waals surface area (Å²) < 4.78 is 11.9. The van der Waals surface area contributed by atoms with Crippen molar-refractivity contribution >= 4 is 5.97 Å². The van der Waals surface area contributed by atoms with Crippen molar-refractivity contribution in [2.75, 3.05) is 0 Å². The lowest BCUT2D eigenvalue weighted by atomic mass is 9.89. The molecule has 38 heavy (non-hydrogen) atoms. The number of epoxide rings is 1. The highest BCUT2D eigenvalue weighted by Gasteiger charge is 2.51. The van der Waals surface area contributed by atoms with Gasteiger partial charge in [-0.2, -0.15) is 0 Å². The number of hydrogen-bond acceptors (Lipinski definition) is 7. The summed E-state index contributed by atoms with van der Waals surface area (Å²) in [7, 11) is 0. The van der Waals surface area contributed by atoms with Gasteiger partial charge >= 0.3 is 5.97 Å². The molecular formula is C31H46O7. The zero-order chi connectivity index (χ0) is 28.6. The van der Waals surface area contributed by atoms with Crippen LogP contribution in [0.15, 0.2) is 72.4 Å². The maximum Gasteiger partial charge on any atom is 0.331 e. The van der Waals surface area contributed by atoms with Crippen molar-refractivity contribution in [3.8, 4) is 0 Å². The molecule has 0 unspecified atom stereocenters. The van der Waals surface area contributed by atoms with Gasteiger partial charge in [-0.15, -0.1) is 0 Å². The molecule has 0 spiro atoms. The third-order valence-electron chi connectivity index (χ3n) is 7.26. The molecule has 2 heterocycles. The molecule has 212 valence electrons. The van der Waals surface area contributed by atoms with Crippen molar-refractivity contribution in [2.45, 2.75) is 103 Å². The summed E-state index contributed by atoms with van der Waals surface area (Å²) in [5, 5.41) is 41.8. The van der Waals surface area contributed by atoms with Crippen LogP contribution >= 0.6 is 0 Å².